The van der Waals surface area contributed by atoms with Crippen molar-refractivity contribution in [2.75, 3.05) is 33.4 Å². The Morgan fingerprint density at radius 1 is 1.06 bits per heavy atom. The van der Waals surface area contributed by atoms with Crippen molar-refractivity contribution >= 4 is 0 Å². The molecule has 5 rings (SSSR count). The van der Waals surface area contributed by atoms with Crippen LogP contribution in [-0.2, 0) is 17.6 Å². The number of methoxy groups -OCH3 is 1. The van der Waals surface area contributed by atoms with Gasteiger partial charge in [-0.25, -0.2) is 9.67 Å². The largest absolute Gasteiger partial charge is 0.481 e. The summed E-state index contributed by atoms with van der Waals surface area (Å²) >= 11 is 0. The third-order valence-corrected chi connectivity index (χ3v) is 7.52. The maximum atomic E-state index is 5.80. The number of hydrogen-bond donors (Lipinski definition) is 0. The van der Waals surface area contributed by atoms with Gasteiger partial charge in [0.05, 0.1) is 50.1 Å². The van der Waals surface area contributed by atoms with Crippen molar-refractivity contribution in [3.05, 3.63) is 42.0 Å². The molecule has 0 aromatic carbocycles. The van der Waals surface area contributed by atoms with Gasteiger partial charge in [-0.15, -0.1) is 0 Å². The zero-order valence-electron chi connectivity index (χ0n) is 20.8. The molecule has 34 heavy (non-hydrogen) atoms. The van der Waals surface area contributed by atoms with E-state index in [1.165, 1.54) is 37.2 Å². The van der Waals surface area contributed by atoms with Gasteiger partial charge in [0, 0.05) is 35.9 Å². The van der Waals surface area contributed by atoms with Gasteiger partial charge in [0.25, 0.3) is 0 Å². The van der Waals surface area contributed by atoms with Crippen LogP contribution >= 0.6 is 0 Å². The molecule has 182 valence electrons. The molecule has 2 aliphatic heterocycles. The van der Waals surface area contributed by atoms with Crippen LogP contribution in [-0.4, -0.2) is 68.9 Å². The second-order valence-electron chi connectivity index (χ2n) is 9.77. The Bertz CT molecular complexity index is 1100. The summed E-state index contributed by atoms with van der Waals surface area (Å²) in [5.41, 5.74) is 5.43. The van der Waals surface area contributed by atoms with Crippen molar-refractivity contribution in [1.29, 1.82) is 0 Å². The number of ether oxygens (including phenoxy) is 2. The van der Waals surface area contributed by atoms with Crippen LogP contribution in [0.1, 0.15) is 50.9 Å². The fourth-order valence-corrected chi connectivity index (χ4v) is 5.33. The highest BCUT2D eigenvalue weighted by Crippen LogP contribution is 2.32. The topological polar surface area (TPSA) is 70.2 Å². The molecule has 8 nitrogen and oxygen atoms in total. The first-order valence-corrected chi connectivity index (χ1v) is 12.5. The minimum absolute atomic E-state index is 0.367. The summed E-state index contributed by atoms with van der Waals surface area (Å²) in [6, 6.07) is 4.91. The summed E-state index contributed by atoms with van der Waals surface area (Å²) in [5, 5.41) is 9.85. The monoisotopic (exact) mass is 464 g/mol. The molecule has 1 fully saturated rings. The lowest BCUT2D eigenvalue weighted by atomic mass is 9.90. The Kier molecular flexibility index (Phi) is 6.70. The molecule has 8 heteroatoms. The first-order chi connectivity index (χ1) is 16.5. The minimum Gasteiger partial charge on any atom is -0.481 e. The molecule has 0 N–H and O–H groups in total. The molecule has 0 bridgehead atoms. The molecule has 3 aromatic heterocycles. The fourth-order valence-electron chi connectivity index (χ4n) is 5.33. The second-order valence-corrected chi connectivity index (χ2v) is 9.77. The smallest absolute Gasteiger partial charge is 0.212 e. The lowest BCUT2D eigenvalue weighted by Crippen LogP contribution is -2.40. The van der Waals surface area contributed by atoms with Gasteiger partial charge in [0.15, 0.2) is 0 Å². The zero-order chi connectivity index (χ0) is 23.7. The summed E-state index contributed by atoms with van der Waals surface area (Å²) in [5.74, 6) is 1.25. The van der Waals surface area contributed by atoms with E-state index in [9.17, 15) is 0 Å². The molecule has 0 unspecified atom stereocenters. The second kappa shape index (κ2) is 9.88. The van der Waals surface area contributed by atoms with Crippen molar-refractivity contribution in [2.45, 2.75) is 58.5 Å². The van der Waals surface area contributed by atoms with Crippen molar-refractivity contribution in [1.82, 2.24) is 29.4 Å². The molecule has 0 spiro atoms. The van der Waals surface area contributed by atoms with Gasteiger partial charge >= 0.3 is 0 Å². The van der Waals surface area contributed by atoms with Crippen LogP contribution in [0.15, 0.2) is 30.7 Å². The maximum absolute atomic E-state index is 5.80. The third-order valence-electron chi connectivity index (χ3n) is 7.52. The van der Waals surface area contributed by atoms with Crippen LogP contribution in [0.2, 0.25) is 0 Å². The highest BCUT2D eigenvalue weighted by Gasteiger charge is 2.27. The summed E-state index contributed by atoms with van der Waals surface area (Å²) in [7, 11) is 1.63. The molecule has 0 radical (unpaired) electrons. The van der Waals surface area contributed by atoms with Gasteiger partial charge in [-0.1, -0.05) is 0 Å². The van der Waals surface area contributed by atoms with E-state index < -0.39 is 0 Å². The van der Waals surface area contributed by atoms with Crippen LogP contribution in [0.25, 0.3) is 16.9 Å². The predicted molar refractivity (Wildman–Crippen MR) is 132 cm³/mol. The number of rotatable bonds is 6. The number of piperidine rings is 1. The van der Waals surface area contributed by atoms with Crippen LogP contribution in [0.4, 0.5) is 0 Å². The van der Waals surface area contributed by atoms with Crippen molar-refractivity contribution < 1.29 is 9.47 Å². The molecule has 1 saturated heterocycles. The van der Waals surface area contributed by atoms with Gasteiger partial charge in [-0.05, 0) is 65.1 Å². The van der Waals surface area contributed by atoms with Crippen LogP contribution < -0.4 is 4.74 Å². The van der Waals surface area contributed by atoms with Gasteiger partial charge in [0.2, 0.25) is 5.88 Å². The van der Waals surface area contributed by atoms with Crippen molar-refractivity contribution in [2.24, 2.45) is 5.92 Å². The fraction of sp³-hybridized carbons (Fsp3) is 0.577. The summed E-state index contributed by atoms with van der Waals surface area (Å²) in [6.07, 6.45) is 10.1. The molecular formula is C26H36N6O2. The summed E-state index contributed by atoms with van der Waals surface area (Å²) in [4.78, 5) is 6.98. The Labute approximate surface area is 201 Å². The molecule has 2 aliphatic rings. The highest BCUT2D eigenvalue weighted by molar-refractivity contribution is 5.64. The van der Waals surface area contributed by atoms with Crippen molar-refractivity contribution in [3.63, 3.8) is 0 Å². The van der Waals surface area contributed by atoms with E-state index in [4.69, 9.17) is 19.7 Å². The zero-order valence-corrected chi connectivity index (χ0v) is 20.8. The van der Waals surface area contributed by atoms with Crippen LogP contribution in [0.3, 0.4) is 0 Å². The molecule has 3 aromatic rings. The van der Waals surface area contributed by atoms with E-state index in [0.29, 0.717) is 37.1 Å². The maximum Gasteiger partial charge on any atom is 0.212 e. The number of aromatic nitrogens is 5. The standard InChI is InChI=1S/C26H36N6O2/c1-18(2)30-11-7-20(8-12-30)19(3)31-17-22(16-28-31)32-24-10-14-34-13-9-23(24)26(29-32)21-5-6-25(33-4)27-15-21/h5-6,15-20H,7-14H2,1-4H3/t19-/m1/s1. The van der Waals surface area contributed by atoms with Crippen molar-refractivity contribution in [3.8, 4) is 22.8 Å². The lowest BCUT2D eigenvalue weighted by molar-refractivity contribution is 0.124. The van der Waals surface area contributed by atoms with E-state index in [0.717, 1.165) is 29.8 Å². The Hall–Kier alpha value is -2.71. The van der Waals surface area contributed by atoms with Gasteiger partial charge in [0.1, 0.15) is 5.69 Å². The predicted octanol–water partition coefficient (Wildman–Crippen LogP) is 3.94. The Morgan fingerprint density at radius 3 is 2.56 bits per heavy atom. The molecular weight excluding hydrogens is 428 g/mol. The number of fused-ring (bicyclic) bond motifs is 1. The molecule has 5 heterocycles. The van der Waals surface area contributed by atoms with Crippen LogP contribution in [0.5, 0.6) is 5.88 Å². The molecule has 0 amide bonds. The number of pyridine rings is 1. The number of likely N-dealkylation sites (tertiary alicyclic amines) is 1. The van der Waals surface area contributed by atoms with Gasteiger partial charge in [-0.2, -0.15) is 10.2 Å². The van der Waals surface area contributed by atoms with E-state index in [-0.39, 0.29) is 0 Å². The third kappa shape index (κ3) is 4.49. The number of hydrogen-bond acceptors (Lipinski definition) is 6. The van der Waals surface area contributed by atoms with Gasteiger partial charge in [-0.3, -0.25) is 4.68 Å². The van der Waals surface area contributed by atoms with E-state index in [1.807, 2.05) is 24.5 Å². The normalized spacial score (nSPS) is 18.6. The summed E-state index contributed by atoms with van der Waals surface area (Å²) in [6.45, 7) is 10.6. The highest BCUT2D eigenvalue weighted by atomic mass is 16.5. The first kappa shape index (κ1) is 23.1. The lowest BCUT2D eigenvalue weighted by Gasteiger charge is -2.37. The quantitative estimate of drug-likeness (QED) is 0.550. The average molecular weight is 465 g/mol. The van der Waals surface area contributed by atoms with Crippen LogP contribution in [0, 0.1) is 5.92 Å². The van der Waals surface area contributed by atoms with E-state index >= 15 is 0 Å². The Morgan fingerprint density at radius 2 is 1.85 bits per heavy atom. The molecule has 0 saturated carbocycles. The minimum atomic E-state index is 0.367. The molecule has 0 aliphatic carbocycles. The molecule has 1 atom stereocenters. The summed E-state index contributed by atoms with van der Waals surface area (Å²) < 4.78 is 15.2. The SMILES string of the molecule is COc1ccc(-c2nn(-c3cnn([C@H](C)C4CCN(C(C)C)CC4)c3)c3c2CCOCC3)cn1. The van der Waals surface area contributed by atoms with Gasteiger partial charge < -0.3 is 14.4 Å². The van der Waals surface area contributed by atoms with E-state index in [2.05, 4.69) is 46.2 Å². The van der Waals surface area contributed by atoms with E-state index in [1.54, 1.807) is 7.11 Å². The first-order valence-electron chi connectivity index (χ1n) is 12.5. The number of nitrogens with zero attached hydrogens (tertiary/aromatic N) is 6. The Balaban J connectivity index is 1.42. The average Bonchev–Trinajstić information content (AvgIpc) is 3.41.